The molecule has 1 fully saturated rings. The lowest BCUT2D eigenvalue weighted by Crippen LogP contribution is -2.56. The average Bonchev–Trinajstić information content (AvgIpc) is 3.04. The lowest BCUT2D eigenvalue weighted by Gasteiger charge is -2.40. The van der Waals surface area contributed by atoms with Crippen molar-refractivity contribution in [2.24, 2.45) is 0 Å². The van der Waals surface area contributed by atoms with Gasteiger partial charge in [0.25, 0.3) is 5.91 Å². The van der Waals surface area contributed by atoms with Gasteiger partial charge in [-0.3, -0.25) is 25.2 Å². The topological polar surface area (TPSA) is 91.7 Å². The molecule has 3 amide bonds. The van der Waals surface area contributed by atoms with E-state index in [0.717, 1.165) is 5.56 Å². The summed E-state index contributed by atoms with van der Waals surface area (Å²) in [4.78, 5) is 39.0. The van der Waals surface area contributed by atoms with Crippen molar-refractivity contribution in [3.05, 3.63) is 59.0 Å². The minimum absolute atomic E-state index is 0.00109. The van der Waals surface area contributed by atoms with E-state index < -0.39 is 11.3 Å². The Hall–Kier alpha value is -3.09. The van der Waals surface area contributed by atoms with Crippen molar-refractivity contribution in [3.8, 4) is 0 Å². The van der Waals surface area contributed by atoms with E-state index in [-0.39, 0.29) is 11.8 Å². The van der Waals surface area contributed by atoms with E-state index in [4.69, 9.17) is 4.42 Å². The number of likely N-dealkylation sites (tertiary alicyclic amines) is 1. The Morgan fingerprint density at radius 3 is 2.21 bits per heavy atom. The summed E-state index contributed by atoms with van der Waals surface area (Å²) in [7, 11) is 0. The number of nitrogens with one attached hydrogen (secondary N) is 2. The Morgan fingerprint density at radius 2 is 1.68 bits per heavy atom. The van der Waals surface area contributed by atoms with Crippen molar-refractivity contribution in [1.82, 2.24) is 15.8 Å². The molecule has 0 radical (unpaired) electrons. The molecule has 2 heterocycles. The van der Waals surface area contributed by atoms with E-state index in [1.807, 2.05) is 30.3 Å². The molecule has 1 aromatic carbocycles. The highest BCUT2D eigenvalue weighted by molar-refractivity contribution is 5.97. The fourth-order valence-electron chi connectivity index (χ4n) is 3.76. The summed E-state index contributed by atoms with van der Waals surface area (Å²) in [6.45, 7) is 5.98. The molecule has 7 nitrogen and oxygen atoms in total. The van der Waals surface area contributed by atoms with Crippen LogP contribution in [0.4, 0.5) is 0 Å². The number of benzene rings is 1. The fraction of sp³-hybridized carbons (Fsp3) is 0.381. The van der Waals surface area contributed by atoms with E-state index in [1.165, 1.54) is 6.92 Å². The zero-order valence-corrected chi connectivity index (χ0v) is 16.4. The van der Waals surface area contributed by atoms with Gasteiger partial charge in [0.15, 0.2) is 0 Å². The van der Waals surface area contributed by atoms with E-state index in [2.05, 4.69) is 10.9 Å². The summed E-state index contributed by atoms with van der Waals surface area (Å²) < 4.78 is 5.37. The number of carbonyl (C=O) groups is 3. The Bertz CT molecular complexity index is 880. The van der Waals surface area contributed by atoms with E-state index in [0.29, 0.717) is 43.0 Å². The minimum atomic E-state index is -0.804. The second-order valence-electron chi connectivity index (χ2n) is 7.19. The minimum Gasteiger partial charge on any atom is -0.466 e. The van der Waals surface area contributed by atoms with Crippen molar-refractivity contribution in [2.45, 2.75) is 39.0 Å². The number of hydrogen-bond acceptors (Lipinski definition) is 4. The quantitative estimate of drug-likeness (QED) is 0.795. The molecule has 148 valence electrons. The zero-order valence-electron chi connectivity index (χ0n) is 16.4. The van der Waals surface area contributed by atoms with Crippen molar-refractivity contribution < 1.29 is 18.8 Å². The number of hydrazine groups is 1. The van der Waals surface area contributed by atoms with Gasteiger partial charge in [-0.1, -0.05) is 30.3 Å². The Morgan fingerprint density at radius 1 is 1.04 bits per heavy atom. The summed E-state index contributed by atoms with van der Waals surface area (Å²) in [6, 6.07) is 11.1. The van der Waals surface area contributed by atoms with E-state index in [1.54, 1.807) is 24.8 Å². The molecule has 0 saturated carbocycles. The van der Waals surface area contributed by atoms with Crippen LogP contribution in [0.5, 0.6) is 0 Å². The number of aryl methyl sites for hydroxylation is 2. The summed E-state index contributed by atoms with van der Waals surface area (Å²) >= 11 is 0. The molecule has 0 unspecified atom stereocenters. The van der Waals surface area contributed by atoms with E-state index in [9.17, 15) is 14.4 Å². The molecule has 28 heavy (non-hydrogen) atoms. The molecule has 1 aliphatic rings. The first kappa shape index (κ1) is 19.7. The van der Waals surface area contributed by atoms with Crippen LogP contribution in [0.15, 0.2) is 40.8 Å². The normalized spacial score (nSPS) is 15.8. The van der Waals surface area contributed by atoms with Crippen LogP contribution in [0.25, 0.3) is 0 Å². The Labute approximate surface area is 164 Å². The molecule has 1 aliphatic heterocycles. The maximum atomic E-state index is 13.2. The monoisotopic (exact) mass is 383 g/mol. The highest BCUT2D eigenvalue weighted by Gasteiger charge is 2.43. The molecular formula is C21H25N3O4. The number of amides is 3. The van der Waals surface area contributed by atoms with Crippen molar-refractivity contribution in [1.29, 1.82) is 0 Å². The van der Waals surface area contributed by atoms with Crippen molar-refractivity contribution in [3.63, 3.8) is 0 Å². The van der Waals surface area contributed by atoms with Crippen molar-refractivity contribution in [2.75, 3.05) is 13.1 Å². The van der Waals surface area contributed by atoms with Gasteiger partial charge in [-0.15, -0.1) is 0 Å². The molecule has 2 N–H and O–H groups in total. The summed E-state index contributed by atoms with van der Waals surface area (Å²) in [6.07, 6.45) is 0.976. The van der Waals surface area contributed by atoms with Gasteiger partial charge in [-0.2, -0.15) is 0 Å². The van der Waals surface area contributed by atoms with Gasteiger partial charge in [-0.25, -0.2) is 0 Å². The van der Waals surface area contributed by atoms with Crippen LogP contribution in [0.1, 0.15) is 47.2 Å². The van der Waals surface area contributed by atoms with Gasteiger partial charge < -0.3 is 9.32 Å². The predicted molar refractivity (Wildman–Crippen MR) is 103 cm³/mol. The molecule has 3 rings (SSSR count). The molecule has 7 heteroatoms. The smallest absolute Gasteiger partial charge is 0.273 e. The molecule has 0 atom stereocenters. The van der Waals surface area contributed by atoms with Crippen LogP contribution in [0, 0.1) is 13.8 Å². The van der Waals surface area contributed by atoms with Crippen LogP contribution in [0.2, 0.25) is 0 Å². The zero-order chi connectivity index (χ0) is 20.3. The summed E-state index contributed by atoms with van der Waals surface area (Å²) in [5.74, 6) is 0.421. The lowest BCUT2D eigenvalue weighted by atomic mass is 9.72. The maximum absolute atomic E-state index is 13.2. The maximum Gasteiger partial charge on any atom is 0.273 e. The van der Waals surface area contributed by atoms with Crippen LogP contribution >= 0.6 is 0 Å². The third-order valence-electron chi connectivity index (χ3n) is 5.40. The van der Waals surface area contributed by atoms with Crippen molar-refractivity contribution >= 4 is 17.7 Å². The number of furan rings is 1. The summed E-state index contributed by atoms with van der Waals surface area (Å²) in [5.41, 5.74) is 5.55. The lowest BCUT2D eigenvalue weighted by molar-refractivity contribution is -0.135. The standard InChI is InChI=1S/C21H25N3O4/c1-14-13-18(15(2)28-14)19(26)22-23-20(27)21(17-7-5-4-6-8-17)9-11-24(12-10-21)16(3)25/h4-8,13H,9-12H2,1-3H3,(H,22,26)(H,23,27). The molecule has 1 aromatic heterocycles. The third-order valence-corrected chi connectivity index (χ3v) is 5.40. The van der Waals surface area contributed by atoms with Gasteiger partial charge in [0.1, 0.15) is 11.5 Å². The first-order valence-electron chi connectivity index (χ1n) is 9.32. The highest BCUT2D eigenvalue weighted by atomic mass is 16.3. The first-order chi connectivity index (χ1) is 13.3. The largest absolute Gasteiger partial charge is 0.466 e. The molecule has 0 bridgehead atoms. The SMILES string of the molecule is CC(=O)N1CCC(C(=O)NNC(=O)c2cc(C)oc2C)(c2ccccc2)CC1. The number of nitrogens with zero attached hydrogens (tertiary/aromatic N) is 1. The number of hydrogen-bond donors (Lipinski definition) is 2. The average molecular weight is 383 g/mol. The van der Waals surface area contributed by atoms with Gasteiger partial charge in [0.05, 0.1) is 11.0 Å². The highest BCUT2D eigenvalue weighted by Crippen LogP contribution is 2.35. The van der Waals surface area contributed by atoms with Crippen LogP contribution in [-0.2, 0) is 15.0 Å². The third kappa shape index (κ3) is 3.78. The second-order valence-corrected chi connectivity index (χ2v) is 7.19. The number of carbonyl (C=O) groups excluding carboxylic acids is 3. The number of piperidine rings is 1. The molecule has 1 saturated heterocycles. The Kier molecular flexibility index (Phi) is 5.53. The fourth-order valence-corrected chi connectivity index (χ4v) is 3.76. The van der Waals surface area contributed by atoms with Gasteiger partial charge in [-0.05, 0) is 38.3 Å². The van der Waals surface area contributed by atoms with Gasteiger partial charge >= 0.3 is 0 Å². The van der Waals surface area contributed by atoms with Gasteiger partial charge in [0, 0.05) is 20.0 Å². The number of rotatable bonds is 3. The van der Waals surface area contributed by atoms with Crippen LogP contribution < -0.4 is 10.9 Å². The second kappa shape index (κ2) is 7.88. The van der Waals surface area contributed by atoms with Gasteiger partial charge in [0.2, 0.25) is 11.8 Å². The first-order valence-corrected chi connectivity index (χ1v) is 9.32. The molecule has 0 spiro atoms. The Balaban J connectivity index is 1.77. The molecular weight excluding hydrogens is 358 g/mol. The molecule has 0 aliphatic carbocycles. The molecule has 2 aromatic rings. The van der Waals surface area contributed by atoms with Crippen LogP contribution in [0.3, 0.4) is 0 Å². The summed E-state index contributed by atoms with van der Waals surface area (Å²) in [5, 5.41) is 0. The van der Waals surface area contributed by atoms with E-state index >= 15 is 0 Å². The van der Waals surface area contributed by atoms with Crippen LogP contribution in [-0.4, -0.2) is 35.7 Å². The predicted octanol–water partition coefficient (Wildman–Crippen LogP) is 2.24.